The highest BCUT2D eigenvalue weighted by molar-refractivity contribution is 5.73. The van der Waals surface area contributed by atoms with Crippen molar-refractivity contribution in [2.45, 2.75) is 60.8 Å². The predicted molar refractivity (Wildman–Crippen MR) is 124 cm³/mol. The molecule has 1 heterocycles. The summed E-state index contributed by atoms with van der Waals surface area (Å²) in [6.07, 6.45) is 8.43. The van der Waals surface area contributed by atoms with E-state index in [0.29, 0.717) is 5.92 Å². The summed E-state index contributed by atoms with van der Waals surface area (Å²) in [4.78, 5) is 4.19. The Morgan fingerprint density at radius 1 is 0.815 bits per heavy atom. The van der Waals surface area contributed by atoms with Gasteiger partial charge in [-0.3, -0.25) is 4.99 Å². The molecular formula is C26H37N. The molecule has 0 atom stereocenters. The maximum atomic E-state index is 4.19. The SMILES string of the molecule is C.C/C1=C/C=N/C(C)=C\CC1.CC(C)c1ccccc1.Cc1ccccc1. The number of allylic oxidation sites excluding steroid dienone is 4. The highest BCUT2D eigenvalue weighted by Gasteiger charge is 1.93. The van der Waals surface area contributed by atoms with E-state index >= 15 is 0 Å². The standard InChI is InChI=1S/C9H13N.C9H12.C7H8.CH4/c1-8-4-3-5-9(2)10-7-6-8;1-8(2)9-6-4-3-5-7-9;1-7-5-3-2-4-6-7;/h5-7H,3-4H2,1-2H3;3-8H,1-2H3;2-6H,1H3;1H4/b8-6-,9-5-,10-7+;;;. The Balaban J connectivity index is 0.000000374. The highest BCUT2D eigenvalue weighted by Crippen LogP contribution is 2.11. The van der Waals surface area contributed by atoms with E-state index in [1.807, 2.05) is 37.4 Å². The summed E-state index contributed by atoms with van der Waals surface area (Å²) in [5.74, 6) is 0.659. The maximum absolute atomic E-state index is 4.19. The van der Waals surface area contributed by atoms with Crippen LogP contribution in [0.5, 0.6) is 0 Å². The summed E-state index contributed by atoms with van der Waals surface area (Å²) < 4.78 is 0. The summed E-state index contributed by atoms with van der Waals surface area (Å²) in [6.45, 7) is 10.7. The Morgan fingerprint density at radius 3 is 1.81 bits per heavy atom. The zero-order valence-corrected chi connectivity index (χ0v) is 16.9. The van der Waals surface area contributed by atoms with Crippen LogP contribution in [-0.4, -0.2) is 6.21 Å². The molecule has 2 aromatic carbocycles. The van der Waals surface area contributed by atoms with Crippen LogP contribution in [0.1, 0.15) is 65.0 Å². The van der Waals surface area contributed by atoms with Crippen molar-refractivity contribution in [3.63, 3.8) is 0 Å². The maximum Gasteiger partial charge on any atom is 0.0332 e. The minimum Gasteiger partial charge on any atom is -0.262 e. The van der Waals surface area contributed by atoms with E-state index in [0.717, 1.165) is 12.1 Å². The lowest BCUT2D eigenvalue weighted by atomic mass is 10.0. The third kappa shape index (κ3) is 12.6. The van der Waals surface area contributed by atoms with E-state index in [4.69, 9.17) is 0 Å². The van der Waals surface area contributed by atoms with Gasteiger partial charge in [0.05, 0.1) is 0 Å². The largest absolute Gasteiger partial charge is 0.262 e. The zero-order chi connectivity index (χ0) is 19.2. The Kier molecular flexibility index (Phi) is 13.4. The number of hydrogen-bond acceptors (Lipinski definition) is 1. The summed E-state index contributed by atoms with van der Waals surface area (Å²) >= 11 is 0. The molecule has 0 bridgehead atoms. The third-order valence-corrected chi connectivity index (χ3v) is 4.02. The van der Waals surface area contributed by atoms with Crippen molar-refractivity contribution >= 4 is 6.21 Å². The molecule has 1 aliphatic rings. The van der Waals surface area contributed by atoms with Gasteiger partial charge in [-0.1, -0.05) is 99.2 Å². The van der Waals surface area contributed by atoms with Gasteiger partial charge < -0.3 is 0 Å². The normalized spacial score (nSPS) is 17.7. The summed E-state index contributed by atoms with van der Waals surface area (Å²) in [6, 6.07) is 20.8. The number of aliphatic imine (C=N–C) groups is 1. The van der Waals surface area contributed by atoms with Crippen molar-refractivity contribution in [1.29, 1.82) is 0 Å². The lowest BCUT2D eigenvalue weighted by molar-refractivity contribution is 0.867. The van der Waals surface area contributed by atoms with Gasteiger partial charge in [0.2, 0.25) is 0 Å². The number of nitrogens with zero attached hydrogens (tertiary/aromatic N) is 1. The van der Waals surface area contributed by atoms with Gasteiger partial charge in [-0.25, -0.2) is 0 Å². The lowest BCUT2D eigenvalue weighted by Gasteiger charge is -2.01. The smallest absolute Gasteiger partial charge is 0.0332 e. The molecule has 1 aliphatic heterocycles. The monoisotopic (exact) mass is 363 g/mol. The second kappa shape index (κ2) is 14.7. The van der Waals surface area contributed by atoms with Crippen molar-refractivity contribution in [1.82, 2.24) is 0 Å². The van der Waals surface area contributed by atoms with Crippen molar-refractivity contribution < 1.29 is 0 Å². The molecule has 146 valence electrons. The van der Waals surface area contributed by atoms with Crippen molar-refractivity contribution in [2.75, 3.05) is 0 Å². The third-order valence-electron chi connectivity index (χ3n) is 4.02. The fourth-order valence-corrected chi connectivity index (χ4v) is 2.30. The molecule has 0 aromatic heterocycles. The van der Waals surface area contributed by atoms with Crippen LogP contribution in [0.4, 0.5) is 0 Å². The summed E-state index contributed by atoms with van der Waals surface area (Å²) in [5, 5.41) is 0. The van der Waals surface area contributed by atoms with Crippen LogP contribution in [0.15, 0.2) is 89.1 Å². The highest BCUT2D eigenvalue weighted by atomic mass is 14.7. The topological polar surface area (TPSA) is 12.4 Å². The molecule has 0 radical (unpaired) electrons. The first-order valence-corrected chi connectivity index (χ1v) is 9.42. The molecule has 1 heteroatoms. The first-order chi connectivity index (χ1) is 12.5. The molecule has 0 fully saturated rings. The van der Waals surface area contributed by atoms with E-state index in [1.54, 1.807) is 0 Å². The molecule has 27 heavy (non-hydrogen) atoms. The first kappa shape index (κ1) is 24.6. The van der Waals surface area contributed by atoms with Crippen LogP contribution in [0.25, 0.3) is 0 Å². The Labute approximate surface area is 167 Å². The van der Waals surface area contributed by atoms with Crippen LogP contribution >= 0.6 is 0 Å². The van der Waals surface area contributed by atoms with Gasteiger partial charge in [0.1, 0.15) is 0 Å². The molecule has 0 N–H and O–H groups in total. The van der Waals surface area contributed by atoms with Gasteiger partial charge in [0.25, 0.3) is 0 Å². The summed E-state index contributed by atoms with van der Waals surface area (Å²) in [7, 11) is 0. The molecular weight excluding hydrogens is 326 g/mol. The Bertz CT molecular complexity index is 692. The second-order valence-electron chi connectivity index (χ2n) is 6.90. The minimum atomic E-state index is 0. The second-order valence-corrected chi connectivity index (χ2v) is 6.90. The molecule has 0 unspecified atom stereocenters. The molecule has 0 saturated carbocycles. The molecule has 3 rings (SSSR count). The summed E-state index contributed by atoms with van der Waals surface area (Å²) in [5.41, 5.74) is 5.27. The average molecular weight is 364 g/mol. The Morgan fingerprint density at radius 2 is 1.37 bits per heavy atom. The minimum absolute atomic E-state index is 0. The van der Waals surface area contributed by atoms with Crippen LogP contribution in [-0.2, 0) is 0 Å². The van der Waals surface area contributed by atoms with Gasteiger partial charge in [0.15, 0.2) is 0 Å². The lowest BCUT2D eigenvalue weighted by Crippen LogP contribution is -1.83. The van der Waals surface area contributed by atoms with E-state index in [2.05, 4.69) is 81.2 Å². The molecule has 0 saturated heterocycles. The van der Waals surface area contributed by atoms with E-state index in [9.17, 15) is 0 Å². The van der Waals surface area contributed by atoms with Gasteiger partial charge in [-0.15, -0.1) is 0 Å². The number of benzene rings is 2. The van der Waals surface area contributed by atoms with Crippen molar-refractivity contribution in [3.05, 3.63) is 95.2 Å². The molecule has 0 spiro atoms. The molecule has 0 amide bonds. The van der Waals surface area contributed by atoms with Gasteiger partial charge in [-0.05, 0) is 51.2 Å². The number of rotatable bonds is 1. The van der Waals surface area contributed by atoms with Gasteiger partial charge in [0, 0.05) is 11.9 Å². The van der Waals surface area contributed by atoms with Crippen LogP contribution in [0.2, 0.25) is 0 Å². The Hall–Kier alpha value is -2.41. The zero-order valence-electron chi connectivity index (χ0n) is 16.9. The van der Waals surface area contributed by atoms with Crippen LogP contribution in [0.3, 0.4) is 0 Å². The molecule has 0 aliphatic carbocycles. The van der Waals surface area contributed by atoms with E-state index in [1.165, 1.54) is 23.1 Å². The fraction of sp³-hybridized carbons (Fsp3) is 0.346. The van der Waals surface area contributed by atoms with Crippen molar-refractivity contribution in [2.24, 2.45) is 4.99 Å². The first-order valence-electron chi connectivity index (χ1n) is 9.42. The van der Waals surface area contributed by atoms with E-state index < -0.39 is 0 Å². The number of aryl methyl sites for hydroxylation is 1. The van der Waals surface area contributed by atoms with Gasteiger partial charge >= 0.3 is 0 Å². The predicted octanol–water partition coefficient (Wildman–Crippen LogP) is 8.14. The average Bonchev–Trinajstić information content (AvgIpc) is 2.63. The van der Waals surface area contributed by atoms with Crippen LogP contribution in [0, 0.1) is 6.92 Å². The molecule has 2 aromatic rings. The molecule has 1 nitrogen and oxygen atoms in total. The quantitative estimate of drug-likeness (QED) is 0.485. The number of hydrogen-bond donors (Lipinski definition) is 0. The van der Waals surface area contributed by atoms with E-state index in [-0.39, 0.29) is 7.43 Å². The van der Waals surface area contributed by atoms with Crippen LogP contribution < -0.4 is 0 Å². The van der Waals surface area contributed by atoms with Crippen molar-refractivity contribution in [3.8, 4) is 0 Å². The van der Waals surface area contributed by atoms with Gasteiger partial charge in [-0.2, -0.15) is 0 Å². The fourth-order valence-electron chi connectivity index (χ4n) is 2.30.